The van der Waals surface area contributed by atoms with E-state index in [4.69, 9.17) is 5.11 Å². The van der Waals surface area contributed by atoms with E-state index in [0.29, 0.717) is 0 Å². The number of nitrogens with zero attached hydrogens (tertiary/aromatic N) is 1. The van der Waals surface area contributed by atoms with Crippen LogP contribution in [0.5, 0.6) is 0 Å². The Kier molecular flexibility index (Phi) is 2.96. The number of anilines is 1. The first-order valence-corrected chi connectivity index (χ1v) is 5.65. The summed E-state index contributed by atoms with van der Waals surface area (Å²) in [4.78, 5) is 2.39. The van der Waals surface area contributed by atoms with Crippen molar-refractivity contribution in [1.82, 2.24) is 0 Å². The molecule has 2 nitrogen and oxygen atoms in total. The van der Waals surface area contributed by atoms with E-state index in [0.717, 1.165) is 17.4 Å². The summed E-state index contributed by atoms with van der Waals surface area (Å²) < 4.78 is 0. The van der Waals surface area contributed by atoms with Gasteiger partial charge in [0.15, 0.2) is 0 Å². The van der Waals surface area contributed by atoms with Crippen LogP contribution in [-0.2, 0) is 6.61 Å². The molecule has 1 aromatic rings. The van der Waals surface area contributed by atoms with Gasteiger partial charge in [0.2, 0.25) is 0 Å². The molecule has 1 aliphatic rings. The molecule has 0 radical (unpaired) electrons. The molecule has 0 saturated carbocycles. The summed E-state index contributed by atoms with van der Waals surface area (Å²) in [5, 5.41) is 8.94. The zero-order valence-corrected chi connectivity index (χ0v) is 9.48. The van der Waals surface area contributed by atoms with Crippen LogP contribution in [0, 0.1) is 11.8 Å². The van der Waals surface area contributed by atoms with Gasteiger partial charge in [-0.05, 0) is 29.5 Å². The van der Waals surface area contributed by atoms with Crippen LogP contribution in [0.15, 0.2) is 24.3 Å². The van der Waals surface area contributed by atoms with Crippen molar-refractivity contribution in [2.24, 2.45) is 11.8 Å². The molecule has 0 bridgehead atoms. The fourth-order valence-electron chi connectivity index (χ4n) is 1.96. The summed E-state index contributed by atoms with van der Waals surface area (Å²) in [6.45, 7) is 7.06. The molecular formula is C13H19NO. The molecule has 1 saturated heterocycles. The zero-order chi connectivity index (χ0) is 10.8. The smallest absolute Gasteiger partial charge is 0.0681 e. The first kappa shape index (κ1) is 10.5. The van der Waals surface area contributed by atoms with Crippen molar-refractivity contribution in [1.29, 1.82) is 0 Å². The van der Waals surface area contributed by atoms with Gasteiger partial charge in [-0.2, -0.15) is 0 Å². The van der Waals surface area contributed by atoms with E-state index in [9.17, 15) is 0 Å². The van der Waals surface area contributed by atoms with E-state index >= 15 is 0 Å². The first-order valence-electron chi connectivity index (χ1n) is 5.65. The van der Waals surface area contributed by atoms with Gasteiger partial charge in [0.25, 0.3) is 0 Å². The van der Waals surface area contributed by atoms with E-state index in [1.165, 1.54) is 18.8 Å². The quantitative estimate of drug-likeness (QED) is 0.818. The average molecular weight is 205 g/mol. The topological polar surface area (TPSA) is 23.5 Å². The molecule has 82 valence electrons. The Morgan fingerprint density at radius 1 is 1.27 bits per heavy atom. The second-order valence-electron chi connectivity index (χ2n) is 4.73. The third-order valence-corrected chi connectivity index (χ3v) is 3.34. The Morgan fingerprint density at radius 2 is 1.87 bits per heavy atom. The highest BCUT2D eigenvalue weighted by molar-refractivity contribution is 5.49. The second kappa shape index (κ2) is 4.23. The Bertz CT molecular complexity index is 312. The highest BCUT2D eigenvalue weighted by Gasteiger charge is 2.28. The SMILES string of the molecule is CC(C)C1CN(c2ccc(CO)cc2)C1. The second-order valence-corrected chi connectivity index (χ2v) is 4.73. The van der Waals surface area contributed by atoms with Crippen molar-refractivity contribution in [3.05, 3.63) is 29.8 Å². The van der Waals surface area contributed by atoms with Gasteiger partial charge in [-0.15, -0.1) is 0 Å². The monoisotopic (exact) mass is 205 g/mol. The maximum Gasteiger partial charge on any atom is 0.0681 e. The molecule has 15 heavy (non-hydrogen) atoms. The normalized spacial score (nSPS) is 16.9. The van der Waals surface area contributed by atoms with Crippen molar-refractivity contribution < 1.29 is 5.11 Å². The molecule has 0 atom stereocenters. The molecule has 1 heterocycles. The van der Waals surface area contributed by atoms with Crippen LogP contribution in [0.4, 0.5) is 5.69 Å². The Hall–Kier alpha value is -1.02. The molecule has 0 aromatic heterocycles. The van der Waals surface area contributed by atoms with E-state index in [1.807, 2.05) is 12.1 Å². The third-order valence-electron chi connectivity index (χ3n) is 3.34. The molecule has 1 aromatic carbocycles. The molecule has 1 N–H and O–H groups in total. The van der Waals surface area contributed by atoms with Gasteiger partial charge in [0.1, 0.15) is 0 Å². The molecule has 1 aliphatic heterocycles. The van der Waals surface area contributed by atoms with Gasteiger partial charge < -0.3 is 10.0 Å². The van der Waals surface area contributed by atoms with Crippen molar-refractivity contribution in [3.63, 3.8) is 0 Å². The molecule has 0 spiro atoms. The van der Waals surface area contributed by atoms with Crippen molar-refractivity contribution in [2.45, 2.75) is 20.5 Å². The van der Waals surface area contributed by atoms with Crippen LogP contribution in [0.1, 0.15) is 19.4 Å². The van der Waals surface area contributed by atoms with Gasteiger partial charge in [-0.3, -0.25) is 0 Å². The fourth-order valence-corrected chi connectivity index (χ4v) is 1.96. The van der Waals surface area contributed by atoms with Crippen LogP contribution >= 0.6 is 0 Å². The number of aliphatic hydroxyl groups excluding tert-OH is 1. The van der Waals surface area contributed by atoms with Gasteiger partial charge in [0.05, 0.1) is 6.61 Å². The number of benzene rings is 1. The molecule has 1 fully saturated rings. The van der Waals surface area contributed by atoms with Gasteiger partial charge in [-0.1, -0.05) is 26.0 Å². The van der Waals surface area contributed by atoms with E-state index in [1.54, 1.807) is 0 Å². The van der Waals surface area contributed by atoms with Crippen molar-refractivity contribution in [3.8, 4) is 0 Å². The third kappa shape index (κ3) is 2.15. The molecular weight excluding hydrogens is 186 g/mol. The molecule has 0 aliphatic carbocycles. The number of hydrogen-bond donors (Lipinski definition) is 1. The predicted molar refractivity (Wildman–Crippen MR) is 62.9 cm³/mol. The summed E-state index contributed by atoms with van der Waals surface area (Å²) in [5.41, 5.74) is 2.27. The average Bonchev–Trinajstić information content (AvgIpc) is 2.16. The van der Waals surface area contributed by atoms with E-state index < -0.39 is 0 Å². The van der Waals surface area contributed by atoms with Crippen LogP contribution in [0.2, 0.25) is 0 Å². The summed E-state index contributed by atoms with van der Waals surface area (Å²) >= 11 is 0. The molecule has 2 heteroatoms. The van der Waals surface area contributed by atoms with Crippen LogP contribution in [0.25, 0.3) is 0 Å². The minimum absolute atomic E-state index is 0.134. The lowest BCUT2D eigenvalue weighted by molar-refractivity contribution is 0.281. The highest BCUT2D eigenvalue weighted by atomic mass is 16.3. The summed E-state index contributed by atoms with van der Waals surface area (Å²) in [6.07, 6.45) is 0. The number of aliphatic hydroxyl groups is 1. The Balaban J connectivity index is 1.95. The zero-order valence-electron chi connectivity index (χ0n) is 9.48. The maximum atomic E-state index is 8.94. The Morgan fingerprint density at radius 3 is 2.33 bits per heavy atom. The van der Waals surface area contributed by atoms with E-state index in [-0.39, 0.29) is 6.61 Å². The first-order chi connectivity index (χ1) is 7.20. The van der Waals surface area contributed by atoms with Gasteiger partial charge in [-0.25, -0.2) is 0 Å². The highest BCUT2D eigenvalue weighted by Crippen LogP contribution is 2.28. The summed E-state index contributed by atoms with van der Waals surface area (Å²) in [7, 11) is 0. The Labute approximate surface area is 91.5 Å². The standard InChI is InChI=1S/C13H19NO/c1-10(2)12-7-14(8-12)13-5-3-11(9-15)4-6-13/h3-6,10,12,15H,7-9H2,1-2H3. The predicted octanol–water partition coefficient (Wildman–Crippen LogP) is 2.27. The largest absolute Gasteiger partial charge is 0.392 e. The lowest BCUT2D eigenvalue weighted by atomic mass is 9.88. The van der Waals surface area contributed by atoms with Gasteiger partial charge in [0, 0.05) is 18.8 Å². The minimum atomic E-state index is 0.134. The van der Waals surface area contributed by atoms with Crippen LogP contribution in [-0.4, -0.2) is 18.2 Å². The molecule has 0 amide bonds. The van der Waals surface area contributed by atoms with Crippen molar-refractivity contribution >= 4 is 5.69 Å². The van der Waals surface area contributed by atoms with Crippen LogP contribution < -0.4 is 4.90 Å². The molecule has 2 rings (SSSR count). The minimum Gasteiger partial charge on any atom is -0.392 e. The summed E-state index contributed by atoms with van der Waals surface area (Å²) in [6, 6.07) is 8.19. The lowest BCUT2D eigenvalue weighted by Crippen LogP contribution is -2.49. The van der Waals surface area contributed by atoms with Crippen LogP contribution in [0.3, 0.4) is 0 Å². The van der Waals surface area contributed by atoms with Gasteiger partial charge >= 0.3 is 0 Å². The lowest BCUT2D eigenvalue weighted by Gasteiger charge is -2.43. The fraction of sp³-hybridized carbons (Fsp3) is 0.538. The summed E-state index contributed by atoms with van der Waals surface area (Å²) in [5.74, 6) is 1.64. The maximum absolute atomic E-state index is 8.94. The number of hydrogen-bond acceptors (Lipinski definition) is 2. The van der Waals surface area contributed by atoms with E-state index in [2.05, 4.69) is 30.9 Å². The molecule has 0 unspecified atom stereocenters. The van der Waals surface area contributed by atoms with Crippen molar-refractivity contribution in [2.75, 3.05) is 18.0 Å². The number of rotatable bonds is 3.